The Morgan fingerprint density at radius 1 is 1.24 bits per heavy atom. The number of benzene rings is 1. The first-order chi connectivity index (χ1) is 8.16. The van der Waals surface area contributed by atoms with Crippen LogP contribution in [0.2, 0.25) is 0 Å². The third-order valence-electron chi connectivity index (χ3n) is 2.64. The van der Waals surface area contributed by atoms with E-state index in [9.17, 15) is 0 Å². The molecular formula is C14H15BrN2. The zero-order valence-corrected chi connectivity index (χ0v) is 11.6. The standard InChI is InChI=1S/C14H15BrN2/c1-11-8-13(15)9-16-14(11)17(2)10-12-6-4-3-5-7-12/h3-9H,10H2,1-2H3. The molecule has 0 amide bonds. The second kappa shape index (κ2) is 5.32. The summed E-state index contributed by atoms with van der Waals surface area (Å²) < 4.78 is 1.02. The van der Waals surface area contributed by atoms with E-state index in [2.05, 4.69) is 70.1 Å². The molecule has 2 aromatic rings. The number of hydrogen-bond donors (Lipinski definition) is 0. The van der Waals surface area contributed by atoms with Crippen LogP contribution in [0.5, 0.6) is 0 Å². The van der Waals surface area contributed by atoms with Crippen molar-refractivity contribution in [2.24, 2.45) is 0 Å². The third kappa shape index (κ3) is 3.07. The number of nitrogens with zero attached hydrogens (tertiary/aromatic N) is 2. The summed E-state index contributed by atoms with van der Waals surface area (Å²) in [6.45, 7) is 2.95. The fourth-order valence-electron chi connectivity index (χ4n) is 1.87. The maximum Gasteiger partial charge on any atom is 0.131 e. The Balaban J connectivity index is 2.17. The molecule has 0 spiro atoms. The molecule has 0 atom stereocenters. The average Bonchev–Trinajstić information content (AvgIpc) is 2.30. The van der Waals surface area contributed by atoms with Crippen molar-refractivity contribution in [3.05, 3.63) is 58.2 Å². The molecule has 88 valence electrons. The molecular weight excluding hydrogens is 276 g/mol. The Kier molecular flexibility index (Phi) is 3.79. The minimum absolute atomic E-state index is 0.871. The van der Waals surface area contributed by atoms with Crippen LogP contribution >= 0.6 is 15.9 Å². The van der Waals surface area contributed by atoms with Crippen LogP contribution in [-0.4, -0.2) is 12.0 Å². The van der Waals surface area contributed by atoms with E-state index in [0.717, 1.165) is 16.8 Å². The Labute approximate surface area is 110 Å². The molecule has 2 nitrogen and oxygen atoms in total. The van der Waals surface area contributed by atoms with Crippen LogP contribution < -0.4 is 4.90 Å². The van der Waals surface area contributed by atoms with Crippen LogP contribution in [0.25, 0.3) is 0 Å². The zero-order chi connectivity index (χ0) is 12.3. The molecule has 1 heterocycles. The minimum Gasteiger partial charge on any atom is -0.355 e. The molecule has 0 saturated carbocycles. The molecule has 0 saturated heterocycles. The predicted octanol–water partition coefficient (Wildman–Crippen LogP) is 3.79. The summed E-state index contributed by atoms with van der Waals surface area (Å²) in [5.74, 6) is 1.03. The van der Waals surface area contributed by atoms with Crippen molar-refractivity contribution in [1.82, 2.24) is 4.98 Å². The lowest BCUT2D eigenvalue weighted by molar-refractivity contribution is 0.890. The fourth-order valence-corrected chi connectivity index (χ4v) is 2.31. The lowest BCUT2D eigenvalue weighted by atomic mass is 10.2. The van der Waals surface area contributed by atoms with Crippen molar-refractivity contribution < 1.29 is 0 Å². The SMILES string of the molecule is Cc1cc(Br)cnc1N(C)Cc1ccccc1. The Morgan fingerprint density at radius 2 is 1.94 bits per heavy atom. The lowest BCUT2D eigenvalue weighted by Crippen LogP contribution is -2.18. The van der Waals surface area contributed by atoms with Gasteiger partial charge in [0.25, 0.3) is 0 Å². The first-order valence-corrected chi connectivity index (χ1v) is 6.33. The number of hydrogen-bond acceptors (Lipinski definition) is 2. The van der Waals surface area contributed by atoms with Crippen LogP contribution in [0, 0.1) is 6.92 Å². The van der Waals surface area contributed by atoms with Gasteiger partial charge < -0.3 is 4.90 Å². The summed E-state index contributed by atoms with van der Waals surface area (Å²) in [6.07, 6.45) is 1.84. The van der Waals surface area contributed by atoms with Crippen molar-refractivity contribution in [2.45, 2.75) is 13.5 Å². The van der Waals surface area contributed by atoms with Crippen LogP contribution in [0.4, 0.5) is 5.82 Å². The molecule has 0 bridgehead atoms. The van der Waals surface area contributed by atoms with E-state index >= 15 is 0 Å². The number of pyridine rings is 1. The summed E-state index contributed by atoms with van der Waals surface area (Å²) in [7, 11) is 2.07. The van der Waals surface area contributed by atoms with Crippen molar-refractivity contribution in [3.63, 3.8) is 0 Å². The maximum atomic E-state index is 4.45. The largest absolute Gasteiger partial charge is 0.355 e. The Bertz CT molecular complexity index is 497. The van der Waals surface area contributed by atoms with Gasteiger partial charge in [0.15, 0.2) is 0 Å². The average molecular weight is 291 g/mol. The topological polar surface area (TPSA) is 16.1 Å². The number of anilines is 1. The maximum absolute atomic E-state index is 4.45. The first-order valence-electron chi connectivity index (χ1n) is 5.54. The smallest absolute Gasteiger partial charge is 0.131 e. The quantitative estimate of drug-likeness (QED) is 0.855. The highest BCUT2D eigenvalue weighted by molar-refractivity contribution is 9.10. The molecule has 1 aromatic carbocycles. The van der Waals surface area contributed by atoms with Crippen molar-refractivity contribution in [2.75, 3.05) is 11.9 Å². The number of aromatic nitrogens is 1. The van der Waals surface area contributed by atoms with Gasteiger partial charge in [-0.25, -0.2) is 4.98 Å². The van der Waals surface area contributed by atoms with Gasteiger partial charge in [-0.15, -0.1) is 0 Å². The Hall–Kier alpha value is -1.35. The normalized spacial score (nSPS) is 10.3. The molecule has 0 aliphatic carbocycles. The molecule has 0 unspecified atom stereocenters. The van der Waals surface area contributed by atoms with E-state index in [1.54, 1.807) is 0 Å². The predicted molar refractivity (Wildman–Crippen MR) is 75.2 cm³/mol. The van der Waals surface area contributed by atoms with E-state index in [0.29, 0.717) is 0 Å². The van der Waals surface area contributed by atoms with Gasteiger partial charge in [-0.05, 0) is 40.0 Å². The van der Waals surface area contributed by atoms with Gasteiger partial charge in [-0.1, -0.05) is 30.3 Å². The molecule has 3 heteroatoms. The lowest BCUT2D eigenvalue weighted by Gasteiger charge is -2.20. The number of aryl methyl sites for hydroxylation is 1. The van der Waals surface area contributed by atoms with E-state index in [4.69, 9.17) is 0 Å². The van der Waals surface area contributed by atoms with Gasteiger partial charge in [0.05, 0.1) is 0 Å². The van der Waals surface area contributed by atoms with E-state index in [-0.39, 0.29) is 0 Å². The fraction of sp³-hybridized carbons (Fsp3) is 0.214. The third-order valence-corrected chi connectivity index (χ3v) is 3.08. The minimum atomic E-state index is 0.871. The van der Waals surface area contributed by atoms with Crippen LogP contribution in [-0.2, 0) is 6.54 Å². The second-order valence-corrected chi connectivity index (χ2v) is 5.05. The molecule has 17 heavy (non-hydrogen) atoms. The summed E-state index contributed by atoms with van der Waals surface area (Å²) in [6, 6.07) is 12.5. The summed E-state index contributed by atoms with van der Waals surface area (Å²) >= 11 is 3.43. The highest BCUT2D eigenvalue weighted by Crippen LogP contribution is 2.20. The van der Waals surface area contributed by atoms with Gasteiger partial charge in [0.2, 0.25) is 0 Å². The molecule has 0 radical (unpaired) electrons. The molecule has 0 fully saturated rings. The van der Waals surface area contributed by atoms with Crippen LogP contribution in [0.1, 0.15) is 11.1 Å². The second-order valence-electron chi connectivity index (χ2n) is 4.14. The molecule has 0 N–H and O–H groups in total. The Morgan fingerprint density at radius 3 is 2.59 bits per heavy atom. The molecule has 0 aliphatic rings. The van der Waals surface area contributed by atoms with E-state index in [1.807, 2.05) is 12.3 Å². The van der Waals surface area contributed by atoms with Gasteiger partial charge in [0, 0.05) is 24.3 Å². The van der Waals surface area contributed by atoms with Crippen LogP contribution in [0.15, 0.2) is 47.1 Å². The summed E-state index contributed by atoms with van der Waals surface area (Å²) in [5.41, 5.74) is 2.47. The number of halogens is 1. The van der Waals surface area contributed by atoms with E-state index < -0.39 is 0 Å². The van der Waals surface area contributed by atoms with Gasteiger partial charge in [-0.3, -0.25) is 0 Å². The van der Waals surface area contributed by atoms with Crippen molar-refractivity contribution in [3.8, 4) is 0 Å². The van der Waals surface area contributed by atoms with Crippen molar-refractivity contribution in [1.29, 1.82) is 0 Å². The highest BCUT2D eigenvalue weighted by Gasteiger charge is 2.06. The zero-order valence-electron chi connectivity index (χ0n) is 10.0. The summed E-state index contributed by atoms with van der Waals surface area (Å²) in [5, 5.41) is 0. The molecule has 1 aromatic heterocycles. The van der Waals surface area contributed by atoms with Gasteiger partial charge >= 0.3 is 0 Å². The first kappa shape index (κ1) is 12.1. The molecule has 0 aliphatic heterocycles. The number of rotatable bonds is 3. The van der Waals surface area contributed by atoms with E-state index in [1.165, 1.54) is 11.1 Å². The molecule has 2 rings (SSSR count). The van der Waals surface area contributed by atoms with Gasteiger partial charge in [0.1, 0.15) is 5.82 Å². The van der Waals surface area contributed by atoms with Gasteiger partial charge in [-0.2, -0.15) is 0 Å². The summed E-state index contributed by atoms with van der Waals surface area (Å²) in [4.78, 5) is 6.62. The monoisotopic (exact) mass is 290 g/mol. The highest BCUT2D eigenvalue weighted by atomic mass is 79.9. The van der Waals surface area contributed by atoms with Crippen LogP contribution in [0.3, 0.4) is 0 Å². The van der Waals surface area contributed by atoms with Crippen molar-refractivity contribution >= 4 is 21.7 Å².